The van der Waals surface area contributed by atoms with Crippen LogP contribution in [0.1, 0.15) is 18.4 Å². The fourth-order valence-electron chi connectivity index (χ4n) is 2.36. The number of benzene rings is 1. The number of anilines is 1. The SMILES string of the molecule is O=C(NCc1ccncc1)C1(C(=O)Nc2ccc(F)c(F)c2)CC1. The van der Waals surface area contributed by atoms with E-state index in [9.17, 15) is 18.4 Å². The molecule has 3 rings (SSSR count). The second-order valence-corrected chi connectivity index (χ2v) is 5.70. The van der Waals surface area contributed by atoms with Gasteiger partial charge in [0, 0.05) is 30.7 Å². The van der Waals surface area contributed by atoms with Gasteiger partial charge in [-0.3, -0.25) is 14.6 Å². The van der Waals surface area contributed by atoms with E-state index in [2.05, 4.69) is 15.6 Å². The molecule has 0 bridgehead atoms. The van der Waals surface area contributed by atoms with E-state index in [0.29, 0.717) is 19.4 Å². The van der Waals surface area contributed by atoms with Crippen molar-refractivity contribution < 1.29 is 18.4 Å². The molecule has 1 saturated carbocycles. The Morgan fingerprint density at radius 3 is 2.38 bits per heavy atom. The Balaban J connectivity index is 1.63. The van der Waals surface area contributed by atoms with E-state index in [0.717, 1.165) is 17.7 Å². The second kappa shape index (κ2) is 6.35. The molecule has 1 aliphatic rings. The molecule has 2 aromatic rings. The summed E-state index contributed by atoms with van der Waals surface area (Å²) in [5.41, 5.74) is -0.153. The first kappa shape index (κ1) is 16.0. The third-order valence-electron chi connectivity index (χ3n) is 4.00. The largest absolute Gasteiger partial charge is 0.351 e. The summed E-state index contributed by atoms with van der Waals surface area (Å²) in [4.78, 5) is 28.6. The van der Waals surface area contributed by atoms with Crippen molar-refractivity contribution in [1.82, 2.24) is 10.3 Å². The summed E-state index contributed by atoms with van der Waals surface area (Å²) in [5, 5.41) is 5.20. The molecule has 2 amide bonds. The standard InChI is InChI=1S/C17H15F2N3O2/c18-13-2-1-12(9-14(13)19)22-16(24)17(5-6-17)15(23)21-10-11-3-7-20-8-4-11/h1-4,7-9H,5-6,10H2,(H,21,23)(H,22,24). The van der Waals surface area contributed by atoms with Gasteiger partial charge in [0.15, 0.2) is 11.6 Å². The van der Waals surface area contributed by atoms with Gasteiger partial charge < -0.3 is 10.6 Å². The number of carbonyl (C=O) groups excluding carboxylic acids is 2. The normalized spacial score (nSPS) is 14.8. The van der Waals surface area contributed by atoms with Crippen LogP contribution in [0.2, 0.25) is 0 Å². The van der Waals surface area contributed by atoms with Crippen molar-refractivity contribution in [3.63, 3.8) is 0 Å². The lowest BCUT2D eigenvalue weighted by molar-refractivity contribution is -0.134. The lowest BCUT2D eigenvalue weighted by atomic mass is 10.0. The molecule has 5 nitrogen and oxygen atoms in total. The average molecular weight is 331 g/mol. The highest BCUT2D eigenvalue weighted by molar-refractivity contribution is 6.13. The molecule has 2 N–H and O–H groups in total. The molecule has 1 fully saturated rings. The number of hydrogen-bond acceptors (Lipinski definition) is 3. The van der Waals surface area contributed by atoms with E-state index in [1.807, 2.05) is 0 Å². The third kappa shape index (κ3) is 3.24. The number of aromatic nitrogens is 1. The molecule has 1 aromatic carbocycles. The summed E-state index contributed by atoms with van der Waals surface area (Å²) in [5.74, 6) is -2.94. The summed E-state index contributed by atoms with van der Waals surface area (Å²) in [7, 11) is 0. The highest BCUT2D eigenvalue weighted by Gasteiger charge is 2.56. The van der Waals surface area contributed by atoms with Crippen LogP contribution in [0, 0.1) is 17.0 Å². The van der Waals surface area contributed by atoms with Crippen LogP contribution in [0.25, 0.3) is 0 Å². The van der Waals surface area contributed by atoms with E-state index in [4.69, 9.17) is 0 Å². The van der Waals surface area contributed by atoms with Gasteiger partial charge in [-0.05, 0) is 42.7 Å². The fraction of sp³-hybridized carbons (Fsp3) is 0.235. The number of nitrogens with zero attached hydrogens (tertiary/aromatic N) is 1. The van der Waals surface area contributed by atoms with Gasteiger partial charge >= 0.3 is 0 Å². The Labute approximate surface area is 137 Å². The van der Waals surface area contributed by atoms with Gasteiger partial charge in [-0.1, -0.05) is 0 Å². The van der Waals surface area contributed by atoms with Crippen molar-refractivity contribution in [2.45, 2.75) is 19.4 Å². The number of hydrogen-bond donors (Lipinski definition) is 2. The molecular formula is C17H15F2N3O2. The highest BCUT2D eigenvalue weighted by Crippen LogP contribution is 2.46. The third-order valence-corrected chi connectivity index (χ3v) is 4.00. The predicted molar refractivity (Wildman–Crippen MR) is 82.7 cm³/mol. The van der Waals surface area contributed by atoms with Crippen LogP contribution < -0.4 is 10.6 Å². The lowest BCUT2D eigenvalue weighted by Gasteiger charge is -2.15. The van der Waals surface area contributed by atoms with Crippen LogP contribution >= 0.6 is 0 Å². The molecule has 1 heterocycles. The van der Waals surface area contributed by atoms with Gasteiger partial charge in [0.1, 0.15) is 5.41 Å². The summed E-state index contributed by atoms with van der Waals surface area (Å²) in [6.07, 6.45) is 4.07. The molecule has 0 atom stereocenters. The molecule has 0 unspecified atom stereocenters. The zero-order valence-corrected chi connectivity index (χ0v) is 12.7. The Morgan fingerprint density at radius 2 is 1.75 bits per heavy atom. The smallest absolute Gasteiger partial charge is 0.240 e. The minimum Gasteiger partial charge on any atom is -0.351 e. The molecule has 0 aliphatic heterocycles. The van der Waals surface area contributed by atoms with E-state index in [-0.39, 0.29) is 11.6 Å². The van der Waals surface area contributed by atoms with Crippen LogP contribution in [0.4, 0.5) is 14.5 Å². The first-order valence-corrected chi connectivity index (χ1v) is 7.45. The number of carbonyl (C=O) groups is 2. The van der Waals surface area contributed by atoms with Crippen LogP contribution in [0.3, 0.4) is 0 Å². The van der Waals surface area contributed by atoms with Gasteiger partial charge in [0.25, 0.3) is 0 Å². The van der Waals surface area contributed by atoms with Gasteiger partial charge in [-0.15, -0.1) is 0 Å². The molecule has 0 spiro atoms. The molecular weight excluding hydrogens is 316 g/mol. The van der Waals surface area contributed by atoms with Gasteiger partial charge in [0.05, 0.1) is 0 Å². The minimum absolute atomic E-state index is 0.118. The predicted octanol–water partition coefficient (Wildman–Crippen LogP) is 2.39. The molecule has 1 aromatic heterocycles. The Kier molecular flexibility index (Phi) is 4.24. The maximum atomic E-state index is 13.2. The summed E-state index contributed by atoms with van der Waals surface area (Å²) in [6, 6.07) is 6.59. The summed E-state index contributed by atoms with van der Waals surface area (Å²) >= 11 is 0. The van der Waals surface area contributed by atoms with E-state index >= 15 is 0 Å². The number of nitrogens with one attached hydrogen (secondary N) is 2. The Bertz CT molecular complexity index is 777. The van der Waals surface area contributed by atoms with E-state index < -0.39 is 23.0 Å². The fourth-order valence-corrected chi connectivity index (χ4v) is 2.36. The second-order valence-electron chi connectivity index (χ2n) is 5.70. The van der Waals surface area contributed by atoms with Crippen molar-refractivity contribution in [2.24, 2.45) is 5.41 Å². The molecule has 124 valence electrons. The lowest BCUT2D eigenvalue weighted by Crippen LogP contribution is -2.39. The minimum atomic E-state index is -1.14. The molecule has 7 heteroatoms. The number of rotatable bonds is 5. The maximum Gasteiger partial charge on any atom is 0.240 e. The molecule has 0 saturated heterocycles. The number of halogens is 2. The van der Waals surface area contributed by atoms with Gasteiger partial charge in [-0.2, -0.15) is 0 Å². The van der Waals surface area contributed by atoms with Crippen molar-refractivity contribution in [2.75, 3.05) is 5.32 Å². The quantitative estimate of drug-likeness (QED) is 0.827. The summed E-state index contributed by atoms with van der Waals surface area (Å²) in [6.45, 7) is 0.293. The highest BCUT2D eigenvalue weighted by atomic mass is 19.2. The average Bonchev–Trinajstić information content (AvgIpc) is 3.39. The van der Waals surface area contributed by atoms with E-state index in [1.165, 1.54) is 6.07 Å². The number of amides is 2. The monoisotopic (exact) mass is 331 g/mol. The van der Waals surface area contributed by atoms with Crippen molar-refractivity contribution in [3.8, 4) is 0 Å². The Hall–Kier alpha value is -2.83. The van der Waals surface area contributed by atoms with Crippen molar-refractivity contribution in [1.29, 1.82) is 0 Å². The van der Waals surface area contributed by atoms with Gasteiger partial charge in [0.2, 0.25) is 11.8 Å². The first-order chi connectivity index (χ1) is 11.5. The van der Waals surface area contributed by atoms with Crippen LogP contribution in [-0.4, -0.2) is 16.8 Å². The zero-order valence-electron chi connectivity index (χ0n) is 12.7. The Morgan fingerprint density at radius 1 is 1.04 bits per heavy atom. The topological polar surface area (TPSA) is 71.1 Å². The van der Waals surface area contributed by atoms with Crippen molar-refractivity contribution >= 4 is 17.5 Å². The van der Waals surface area contributed by atoms with Crippen LogP contribution in [0.5, 0.6) is 0 Å². The van der Waals surface area contributed by atoms with Crippen LogP contribution in [-0.2, 0) is 16.1 Å². The number of pyridine rings is 1. The van der Waals surface area contributed by atoms with Crippen molar-refractivity contribution in [3.05, 3.63) is 59.9 Å². The van der Waals surface area contributed by atoms with Crippen LogP contribution in [0.15, 0.2) is 42.7 Å². The summed E-state index contributed by atoms with van der Waals surface area (Å²) < 4.78 is 26.1. The van der Waals surface area contributed by atoms with E-state index in [1.54, 1.807) is 24.5 Å². The maximum absolute atomic E-state index is 13.2. The molecule has 0 radical (unpaired) electrons. The molecule has 24 heavy (non-hydrogen) atoms. The first-order valence-electron chi connectivity index (χ1n) is 7.45. The molecule has 1 aliphatic carbocycles. The van der Waals surface area contributed by atoms with Gasteiger partial charge in [-0.25, -0.2) is 8.78 Å². The zero-order chi connectivity index (χ0) is 17.2.